The minimum Gasteiger partial charge on any atom is -0.504 e. The van der Waals surface area contributed by atoms with Gasteiger partial charge in [-0.15, -0.1) is 0 Å². The maximum atomic E-state index is 12.9. The number of carbonyl (C=O) groups is 2. The maximum Gasteiger partial charge on any atom is 0.235 e. The molecule has 0 aliphatic heterocycles. The van der Waals surface area contributed by atoms with E-state index < -0.39 is 10.8 Å². The molecule has 0 spiro atoms. The van der Waals surface area contributed by atoms with Gasteiger partial charge in [0.1, 0.15) is 6.29 Å². The Kier molecular flexibility index (Phi) is 3.96. The number of aromatic amines is 1. The molecule has 0 atom stereocenters. The molecule has 1 aliphatic rings. The molecule has 0 unspecified atom stereocenters. The first-order chi connectivity index (χ1) is 13.2. The number of rotatable bonds is 5. The summed E-state index contributed by atoms with van der Waals surface area (Å²) < 4.78 is 0. The number of aldehydes is 1. The van der Waals surface area contributed by atoms with Crippen LogP contribution in [0.25, 0.3) is 10.9 Å². The first-order valence-corrected chi connectivity index (χ1v) is 9.19. The lowest BCUT2D eigenvalue weighted by Gasteiger charge is -2.16. The van der Waals surface area contributed by atoms with Crippen molar-refractivity contribution in [3.05, 3.63) is 53.7 Å². The zero-order valence-corrected chi connectivity index (χ0v) is 15.7. The van der Waals surface area contributed by atoms with Gasteiger partial charge < -0.3 is 25.3 Å². The van der Waals surface area contributed by atoms with E-state index in [2.05, 4.69) is 10.3 Å². The lowest BCUT2D eigenvalue weighted by molar-refractivity contribution is -0.118. The fourth-order valence-electron chi connectivity index (χ4n) is 3.46. The van der Waals surface area contributed by atoms with Crippen molar-refractivity contribution in [2.45, 2.75) is 37.5 Å². The molecule has 6 nitrogen and oxygen atoms in total. The quantitative estimate of drug-likeness (QED) is 0.401. The highest BCUT2D eigenvalue weighted by atomic mass is 16.3. The molecule has 1 aliphatic carbocycles. The van der Waals surface area contributed by atoms with Gasteiger partial charge in [-0.3, -0.25) is 4.79 Å². The van der Waals surface area contributed by atoms with Crippen LogP contribution in [0.4, 0.5) is 5.69 Å². The second kappa shape index (κ2) is 6.12. The summed E-state index contributed by atoms with van der Waals surface area (Å²) >= 11 is 0. The molecule has 4 N–H and O–H groups in total. The number of benzene rings is 2. The fraction of sp³-hybridized carbons (Fsp3) is 0.273. The van der Waals surface area contributed by atoms with Crippen LogP contribution in [0.3, 0.4) is 0 Å². The molecular formula is C22H22N2O4. The molecule has 0 saturated heterocycles. The Hall–Kier alpha value is -3.28. The summed E-state index contributed by atoms with van der Waals surface area (Å²) in [6.45, 7) is 3.69. The van der Waals surface area contributed by atoms with Crippen molar-refractivity contribution in [3.8, 4) is 11.5 Å². The summed E-state index contributed by atoms with van der Waals surface area (Å²) in [5.74, 6) is -0.566. The highest BCUT2D eigenvalue weighted by molar-refractivity contribution is 6.02. The second-order valence-electron chi connectivity index (χ2n) is 8.06. The van der Waals surface area contributed by atoms with Crippen molar-refractivity contribution in [3.63, 3.8) is 0 Å². The van der Waals surface area contributed by atoms with Crippen LogP contribution < -0.4 is 5.32 Å². The molecule has 144 valence electrons. The summed E-state index contributed by atoms with van der Waals surface area (Å²) in [7, 11) is 0. The lowest BCUT2D eigenvalue weighted by atomic mass is 9.91. The van der Waals surface area contributed by atoms with E-state index in [4.69, 9.17) is 0 Å². The van der Waals surface area contributed by atoms with Gasteiger partial charge in [0.2, 0.25) is 5.91 Å². The summed E-state index contributed by atoms with van der Waals surface area (Å²) in [5, 5.41) is 23.1. The van der Waals surface area contributed by atoms with Gasteiger partial charge in [0.05, 0.1) is 10.8 Å². The van der Waals surface area contributed by atoms with Crippen molar-refractivity contribution >= 4 is 28.8 Å². The topological polar surface area (TPSA) is 102 Å². The van der Waals surface area contributed by atoms with E-state index in [1.165, 1.54) is 12.1 Å². The number of carbonyl (C=O) groups excluding carboxylic acids is 2. The van der Waals surface area contributed by atoms with Crippen LogP contribution in [-0.4, -0.2) is 27.4 Å². The molecule has 2 aromatic carbocycles. The zero-order chi connectivity index (χ0) is 20.1. The zero-order valence-electron chi connectivity index (χ0n) is 15.7. The van der Waals surface area contributed by atoms with E-state index in [-0.39, 0.29) is 17.4 Å². The molecular weight excluding hydrogens is 356 g/mol. The van der Waals surface area contributed by atoms with Crippen LogP contribution in [0.15, 0.2) is 42.5 Å². The minimum atomic E-state index is -0.678. The van der Waals surface area contributed by atoms with E-state index in [0.29, 0.717) is 24.1 Å². The average Bonchev–Trinajstić information content (AvgIpc) is 3.37. The van der Waals surface area contributed by atoms with Crippen LogP contribution in [0.1, 0.15) is 37.9 Å². The number of fused-ring (bicyclic) bond motifs is 1. The highest BCUT2D eigenvalue weighted by Gasteiger charge is 2.51. The Morgan fingerprint density at radius 3 is 2.50 bits per heavy atom. The third-order valence-electron chi connectivity index (χ3n) is 5.58. The molecule has 0 bridgehead atoms. The number of amides is 1. The Morgan fingerprint density at radius 2 is 1.86 bits per heavy atom. The summed E-state index contributed by atoms with van der Waals surface area (Å²) in [4.78, 5) is 27.5. The van der Waals surface area contributed by atoms with Gasteiger partial charge in [0, 0.05) is 22.3 Å². The van der Waals surface area contributed by atoms with Crippen LogP contribution in [0.5, 0.6) is 11.5 Å². The number of phenols is 2. The number of aromatic nitrogens is 1. The molecule has 28 heavy (non-hydrogen) atoms. The van der Waals surface area contributed by atoms with Crippen LogP contribution in [0, 0.1) is 0 Å². The number of phenolic OH excluding ortho intramolecular Hbond substituents is 2. The third-order valence-corrected chi connectivity index (χ3v) is 5.58. The van der Waals surface area contributed by atoms with E-state index in [1.807, 2.05) is 38.1 Å². The van der Waals surface area contributed by atoms with E-state index in [0.717, 1.165) is 22.9 Å². The smallest absolute Gasteiger partial charge is 0.235 e. The van der Waals surface area contributed by atoms with Crippen LogP contribution >= 0.6 is 0 Å². The van der Waals surface area contributed by atoms with Crippen LogP contribution in [-0.2, 0) is 20.4 Å². The summed E-state index contributed by atoms with van der Waals surface area (Å²) in [6.07, 6.45) is 2.28. The Morgan fingerprint density at radius 1 is 1.11 bits per heavy atom. The molecule has 1 fully saturated rings. The molecule has 4 rings (SSSR count). The predicted octanol–water partition coefficient (Wildman–Crippen LogP) is 3.73. The van der Waals surface area contributed by atoms with Crippen molar-refractivity contribution in [1.82, 2.24) is 4.98 Å². The highest BCUT2D eigenvalue weighted by Crippen LogP contribution is 2.50. The fourth-order valence-corrected chi connectivity index (χ4v) is 3.46. The number of H-pyrrole nitrogens is 1. The van der Waals surface area contributed by atoms with Crippen molar-refractivity contribution in [2.24, 2.45) is 0 Å². The second-order valence-corrected chi connectivity index (χ2v) is 8.06. The third kappa shape index (κ3) is 2.91. The van der Waals surface area contributed by atoms with Gasteiger partial charge in [-0.2, -0.15) is 0 Å². The molecule has 6 heteroatoms. The maximum absolute atomic E-state index is 12.9. The normalized spacial score (nSPS) is 15.4. The Bertz CT molecular complexity index is 1090. The minimum absolute atomic E-state index is 0.138. The first kappa shape index (κ1) is 18.1. The molecule has 1 heterocycles. The van der Waals surface area contributed by atoms with Gasteiger partial charge in [0.15, 0.2) is 11.5 Å². The molecule has 0 radical (unpaired) electrons. The van der Waals surface area contributed by atoms with E-state index in [9.17, 15) is 19.8 Å². The van der Waals surface area contributed by atoms with Crippen molar-refractivity contribution in [1.29, 1.82) is 0 Å². The molecule has 1 saturated carbocycles. The van der Waals surface area contributed by atoms with Gasteiger partial charge in [-0.05, 0) is 68.7 Å². The molecule has 3 aromatic rings. The number of nitrogens with one attached hydrogen (secondary N) is 2. The number of hydrogen-bond donors (Lipinski definition) is 4. The summed E-state index contributed by atoms with van der Waals surface area (Å²) in [6, 6.07) is 12.0. The largest absolute Gasteiger partial charge is 0.504 e. The van der Waals surface area contributed by atoms with Gasteiger partial charge in [0.25, 0.3) is 0 Å². The standard InChI is InChI=1S/C22H22N2O4/c1-21(2,12-25)19-10-13-9-15(4-5-16(13)24-19)23-20(28)22(7-8-22)14-3-6-17(26)18(27)11-14/h3-6,9-12,24,26-27H,7-8H2,1-2H3,(H,23,28). The Balaban J connectivity index is 1.60. The predicted molar refractivity (Wildman–Crippen MR) is 107 cm³/mol. The Labute approximate surface area is 162 Å². The first-order valence-electron chi connectivity index (χ1n) is 9.19. The van der Waals surface area contributed by atoms with Crippen molar-refractivity contribution < 1.29 is 19.8 Å². The van der Waals surface area contributed by atoms with Gasteiger partial charge >= 0.3 is 0 Å². The van der Waals surface area contributed by atoms with Gasteiger partial charge in [-0.1, -0.05) is 6.07 Å². The van der Waals surface area contributed by atoms with Gasteiger partial charge in [-0.25, -0.2) is 0 Å². The lowest BCUT2D eigenvalue weighted by Crippen LogP contribution is -2.27. The SMILES string of the molecule is CC(C)(C=O)c1cc2cc(NC(=O)C3(c4ccc(O)c(O)c4)CC3)ccc2[nH]1. The van der Waals surface area contributed by atoms with E-state index in [1.54, 1.807) is 6.07 Å². The molecule has 1 amide bonds. The van der Waals surface area contributed by atoms with E-state index >= 15 is 0 Å². The monoisotopic (exact) mass is 378 g/mol. The van der Waals surface area contributed by atoms with Crippen LogP contribution in [0.2, 0.25) is 0 Å². The van der Waals surface area contributed by atoms with Crippen molar-refractivity contribution in [2.75, 3.05) is 5.32 Å². The summed E-state index contributed by atoms with van der Waals surface area (Å²) in [5.41, 5.74) is 1.79. The number of hydrogen-bond acceptors (Lipinski definition) is 4. The molecule has 1 aromatic heterocycles. The average molecular weight is 378 g/mol. The number of anilines is 1. The number of aromatic hydroxyl groups is 2.